The first kappa shape index (κ1) is 13.3. The van der Waals surface area contributed by atoms with Gasteiger partial charge < -0.3 is 4.43 Å². The van der Waals surface area contributed by atoms with Crippen LogP contribution in [0.15, 0.2) is 60.7 Å². The van der Waals surface area contributed by atoms with Crippen molar-refractivity contribution < 1.29 is 4.43 Å². The summed E-state index contributed by atoms with van der Waals surface area (Å²) >= 11 is 6.90. The summed E-state index contributed by atoms with van der Waals surface area (Å²) in [6, 6.07) is 20.2. The molecule has 0 aromatic heterocycles. The summed E-state index contributed by atoms with van der Waals surface area (Å²) in [6.07, 6.45) is 0.106. The van der Waals surface area contributed by atoms with Crippen molar-refractivity contribution in [1.82, 2.24) is 0 Å². The normalized spacial score (nSPS) is 11.8. The standard InChI is InChI=1S/C15H17ClOSi/c1-13(2)17-18(16,14-9-5-3-6-10-14)15-11-7-4-8-12-15/h3-13H,1-2H3. The van der Waals surface area contributed by atoms with Crippen LogP contribution in [0.25, 0.3) is 0 Å². The Morgan fingerprint density at radius 1 is 0.833 bits per heavy atom. The van der Waals surface area contributed by atoms with E-state index in [4.69, 9.17) is 15.5 Å². The van der Waals surface area contributed by atoms with Crippen LogP contribution in [-0.2, 0) is 4.43 Å². The zero-order valence-corrected chi connectivity index (χ0v) is 12.4. The Balaban J connectivity index is 2.48. The van der Waals surface area contributed by atoms with E-state index in [2.05, 4.69) is 24.3 Å². The number of hydrogen-bond acceptors (Lipinski definition) is 1. The number of hydrogen-bond donors (Lipinski definition) is 0. The lowest BCUT2D eigenvalue weighted by Gasteiger charge is -2.27. The third kappa shape index (κ3) is 2.83. The first-order valence-electron chi connectivity index (χ1n) is 6.10. The lowest BCUT2D eigenvalue weighted by molar-refractivity contribution is 0.248. The average Bonchev–Trinajstić information content (AvgIpc) is 2.40. The van der Waals surface area contributed by atoms with Crippen molar-refractivity contribution in [3.05, 3.63) is 60.7 Å². The summed E-state index contributed by atoms with van der Waals surface area (Å²) in [5.41, 5.74) is 0. The Kier molecular flexibility index (Phi) is 4.22. The van der Waals surface area contributed by atoms with Gasteiger partial charge >= 0.3 is 7.63 Å². The molecule has 0 heterocycles. The van der Waals surface area contributed by atoms with Gasteiger partial charge in [-0.1, -0.05) is 60.7 Å². The van der Waals surface area contributed by atoms with Gasteiger partial charge in [0, 0.05) is 6.10 Å². The molecule has 0 bridgehead atoms. The highest BCUT2D eigenvalue weighted by Crippen LogP contribution is 2.14. The second-order valence-corrected chi connectivity index (χ2v) is 8.67. The Morgan fingerprint density at radius 2 is 1.22 bits per heavy atom. The van der Waals surface area contributed by atoms with Gasteiger partial charge in [-0.15, -0.1) is 11.1 Å². The number of halogens is 1. The zero-order chi connectivity index (χ0) is 13.0. The van der Waals surface area contributed by atoms with Crippen LogP contribution in [0, 0.1) is 0 Å². The van der Waals surface area contributed by atoms with Gasteiger partial charge in [0.25, 0.3) is 0 Å². The molecule has 94 valence electrons. The Labute approximate surface area is 114 Å². The maximum absolute atomic E-state index is 6.90. The molecule has 0 unspecified atom stereocenters. The smallest absolute Gasteiger partial charge is 0.355 e. The molecule has 0 saturated heterocycles. The fraction of sp³-hybridized carbons (Fsp3) is 0.200. The highest BCUT2D eigenvalue weighted by molar-refractivity contribution is 7.30. The molecule has 0 radical (unpaired) electrons. The molecule has 0 aliphatic carbocycles. The third-order valence-electron chi connectivity index (χ3n) is 2.69. The summed E-state index contributed by atoms with van der Waals surface area (Å²) in [4.78, 5) is 0. The fourth-order valence-electron chi connectivity index (χ4n) is 1.93. The highest BCUT2D eigenvalue weighted by atomic mass is 35.6. The molecule has 0 spiro atoms. The van der Waals surface area contributed by atoms with Crippen molar-refractivity contribution in [1.29, 1.82) is 0 Å². The average molecular weight is 277 g/mol. The molecule has 18 heavy (non-hydrogen) atoms. The van der Waals surface area contributed by atoms with Gasteiger partial charge in [0.05, 0.1) is 0 Å². The van der Waals surface area contributed by atoms with E-state index < -0.39 is 7.63 Å². The van der Waals surface area contributed by atoms with Crippen LogP contribution in [0.1, 0.15) is 13.8 Å². The molecule has 0 amide bonds. The molecular weight excluding hydrogens is 260 g/mol. The fourth-order valence-corrected chi connectivity index (χ4v) is 5.72. The minimum absolute atomic E-state index is 0.106. The SMILES string of the molecule is CC(C)O[Si](Cl)(c1ccccc1)c1ccccc1. The maximum Gasteiger partial charge on any atom is 0.355 e. The molecular formula is C15H17ClOSi. The van der Waals surface area contributed by atoms with Gasteiger partial charge in [0.2, 0.25) is 0 Å². The van der Waals surface area contributed by atoms with Crippen LogP contribution < -0.4 is 10.4 Å². The second-order valence-electron chi connectivity index (χ2n) is 4.49. The molecule has 1 nitrogen and oxygen atoms in total. The van der Waals surface area contributed by atoms with Crippen molar-refractivity contribution in [2.24, 2.45) is 0 Å². The molecule has 0 fully saturated rings. The third-order valence-corrected chi connectivity index (χ3v) is 7.21. The van der Waals surface area contributed by atoms with Crippen LogP contribution >= 0.6 is 11.1 Å². The summed E-state index contributed by atoms with van der Waals surface area (Å²) in [7, 11) is -2.59. The topological polar surface area (TPSA) is 9.23 Å². The van der Waals surface area contributed by atoms with E-state index in [1.54, 1.807) is 0 Å². The monoisotopic (exact) mass is 276 g/mol. The van der Waals surface area contributed by atoms with Crippen molar-refractivity contribution >= 4 is 29.1 Å². The summed E-state index contributed by atoms with van der Waals surface area (Å²) in [5.74, 6) is 0. The Hall–Kier alpha value is -1.09. The van der Waals surface area contributed by atoms with Crippen molar-refractivity contribution in [3.63, 3.8) is 0 Å². The quantitative estimate of drug-likeness (QED) is 0.616. The molecule has 0 aliphatic heterocycles. The molecule has 0 aliphatic rings. The zero-order valence-electron chi connectivity index (χ0n) is 10.6. The predicted octanol–water partition coefficient (Wildman–Crippen LogP) is 2.91. The van der Waals surface area contributed by atoms with Gasteiger partial charge in [0.15, 0.2) is 0 Å². The molecule has 2 aromatic rings. The first-order valence-corrected chi connectivity index (χ1v) is 9.02. The van der Waals surface area contributed by atoms with E-state index >= 15 is 0 Å². The van der Waals surface area contributed by atoms with E-state index in [0.717, 1.165) is 10.4 Å². The molecule has 3 heteroatoms. The van der Waals surface area contributed by atoms with Crippen molar-refractivity contribution in [2.75, 3.05) is 0 Å². The van der Waals surface area contributed by atoms with Crippen LogP contribution in [0.3, 0.4) is 0 Å². The predicted molar refractivity (Wildman–Crippen MR) is 80.0 cm³/mol. The Bertz CT molecular complexity index is 445. The summed E-state index contributed by atoms with van der Waals surface area (Å²) in [5, 5.41) is 2.18. The minimum atomic E-state index is -2.59. The second kappa shape index (κ2) is 5.70. The summed E-state index contributed by atoms with van der Waals surface area (Å²) in [6.45, 7) is 4.05. The molecule has 2 rings (SSSR count). The van der Waals surface area contributed by atoms with Gasteiger partial charge in [-0.25, -0.2) is 0 Å². The van der Waals surface area contributed by atoms with Crippen LogP contribution in [0.4, 0.5) is 0 Å². The number of rotatable bonds is 4. The van der Waals surface area contributed by atoms with E-state index in [1.165, 1.54) is 0 Å². The highest BCUT2D eigenvalue weighted by Gasteiger charge is 2.38. The minimum Gasteiger partial charge on any atom is -0.394 e. The van der Waals surface area contributed by atoms with Gasteiger partial charge in [-0.2, -0.15) is 0 Å². The van der Waals surface area contributed by atoms with Gasteiger partial charge in [-0.05, 0) is 24.2 Å². The van der Waals surface area contributed by atoms with Crippen molar-refractivity contribution in [2.45, 2.75) is 20.0 Å². The number of benzene rings is 2. The van der Waals surface area contributed by atoms with Crippen molar-refractivity contribution in [3.8, 4) is 0 Å². The largest absolute Gasteiger partial charge is 0.394 e. The van der Waals surface area contributed by atoms with E-state index in [9.17, 15) is 0 Å². The van der Waals surface area contributed by atoms with Gasteiger partial charge in [-0.3, -0.25) is 0 Å². The van der Waals surface area contributed by atoms with E-state index in [0.29, 0.717) is 0 Å². The molecule has 0 atom stereocenters. The lowest BCUT2D eigenvalue weighted by Crippen LogP contribution is -2.57. The van der Waals surface area contributed by atoms with E-state index in [1.807, 2.05) is 50.2 Å². The molecule has 0 saturated carbocycles. The Morgan fingerprint density at radius 3 is 1.56 bits per heavy atom. The maximum atomic E-state index is 6.90. The van der Waals surface area contributed by atoms with Crippen LogP contribution in [0.2, 0.25) is 0 Å². The van der Waals surface area contributed by atoms with E-state index in [-0.39, 0.29) is 6.10 Å². The first-order chi connectivity index (χ1) is 8.63. The van der Waals surface area contributed by atoms with Crippen LogP contribution in [-0.4, -0.2) is 13.7 Å². The van der Waals surface area contributed by atoms with Gasteiger partial charge in [0.1, 0.15) is 0 Å². The van der Waals surface area contributed by atoms with Crippen LogP contribution in [0.5, 0.6) is 0 Å². The molecule has 0 N–H and O–H groups in total. The summed E-state index contributed by atoms with van der Waals surface area (Å²) < 4.78 is 6.11. The molecule has 2 aromatic carbocycles. The lowest BCUT2D eigenvalue weighted by atomic mass is 10.4.